The second-order valence-electron chi connectivity index (χ2n) is 6.58. The molecule has 0 aromatic carbocycles. The minimum atomic E-state index is 0.148. The number of methoxy groups -OCH3 is 1. The lowest BCUT2D eigenvalue weighted by molar-refractivity contribution is -0.0447. The summed E-state index contributed by atoms with van der Waals surface area (Å²) in [5.74, 6) is 1.04. The van der Waals surface area contributed by atoms with Crippen molar-refractivity contribution >= 4 is 5.96 Å². The molecule has 1 aliphatic heterocycles. The van der Waals surface area contributed by atoms with Gasteiger partial charge in [0, 0.05) is 33.3 Å². The zero-order valence-corrected chi connectivity index (χ0v) is 13.9. The van der Waals surface area contributed by atoms with Gasteiger partial charge in [0.05, 0.1) is 19.3 Å². The summed E-state index contributed by atoms with van der Waals surface area (Å²) in [4.78, 5) is 7.24. The van der Waals surface area contributed by atoms with E-state index in [1.165, 1.54) is 25.7 Å². The monoisotopic (exact) mass is 297 g/mol. The van der Waals surface area contributed by atoms with Gasteiger partial charge in [-0.15, -0.1) is 0 Å². The maximum atomic E-state index is 5.73. The highest BCUT2D eigenvalue weighted by atomic mass is 16.5. The predicted octanol–water partition coefficient (Wildman–Crippen LogP) is 1.88. The van der Waals surface area contributed by atoms with Crippen LogP contribution >= 0.6 is 0 Å². The molecule has 1 saturated heterocycles. The van der Waals surface area contributed by atoms with Crippen molar-refractivity contribution in [1.29, 1.82) is 0 Å². The van der Waals surface area contributed by atoms with Crippen LogP contribution in [0.2, 0.25) is 0 Å². The Morgan fingerprint density at radius 2 is 2.19 bits per heavy atom. The lowest BCUT2D eigenvalue weighted by Gasteiger charge is -2.35. The summed E-state index contributed by atoms with van der Waals surface area (Å²) in [7, 11) is 1.72. The summed E-state index contributed by atoms with van der Waals surface area (Å²) >= 11 is 0. The molecule has 0 spiro atoms. The molecule has 2 fully saturated rings. The largest absolute Gasteiger partial charge is 0.382 e. The normalized spacial score (nSPS) is 26.1. The molecule has 1 aliphatic carbocycles. The van der Waals surface area contributed by atoms with Gasteiger partial charge in [-0.2, -0.15) is 0 Å². The lowest BCUT2D eigenvalue weighted by atomic mass is 9.89. The molecule has 0 bridgehead atoms. The van der Waals surface area contributed by atoms with Crippen LogP contribution in [0.4, 0.5) is 0 Å². The van der Waals surface area contributed by atoms with Crippen molar-refractivity contribution in [3.05, 3.63) is 0 Å². The third kappa shape index (κ3) is 4.85. The average Bonchev–Trinajstić information content (AvgIpc) is 2.91. The summed E-state index contributed by atoms with van der Waals surface area (Å²) in [5.41, 5.74) is 0.402. The molecular formula is C16H31N3O2. The maximum absolute atomic E-state index is 5.73. The summed E-state index contributed by atoms with van der Waals surface area (Å²) in [6.07, 6.45) is 5.48. The van der Waals surface area contributed by atoms with Crippen LogP contribution in [-0.2, 0) is 9.47 Å². The van der Waals surface area contributed by atoms with Gasteiger partial charge in [0.25, 0.3) is 0 Å². The molecule has 1 N–H and O–H groups in total. The maximum Gasteiger partial charge on any atom is 0.194 e. The summed E-state index contributed by atoms with van der Waals surface area (Å²) in [5, 5.41) is 3.44. The minimum absolute atomic E-state index is 0.148. The Morgan fingerprint density at radius 1 is 1.43 bits per heavy atom. The van der Waals surface area contributed by atoms with Gasteiger partial charge in [-0.3, -0.25) is 4.99 Å². The third-order valence-electron chi connectivity index (χ3n) is 4.55. The van der Waals surface area contributed by atoms with E-state index >= 15 is 0 Å². The van der Waals surface area contributed by atoms with E-state index < -0.39 is 0 Å². The van der Waals surface area contributed by atoms with Crippen LogP contribution in [0.25, 0.3) is 0 Å². The molecule has 0 aromatic heterocycles. The van der Waals surface area contributed by atoms with Gasteiger partial charge < -0.3 is 19.7 Å². The van der Waals surface area contributed by atoms with E-state index in [1.807, 2.05) is 0 Å². The highest BCUT2D eigenvalue weighted by molar-refractivity contribution is 5.80. The number of guanidine groups is 1. The Balaban J connectivity index is 1.96. The average molecular weight is 297 g/mol. The Labute approximate surface area is 129 Å². The number of nitrogens with one attached hydrogen (secondary N) is 1. The van der Waals surface area contributed by atoms with Crippen LogP contribution in [0.15, 0.2) is 4.99 Å². The molecule has 1 unspecified atom stereocenters. The van der Waals surface area contributed by atoms with Gasteiger partial charge in [0.2, 0.25) is 0 Å². The van der Waals surface area contributed by atoms with Gasteiger partial charge in [-0.1, -0.05) is 19.8 Å². The van der Waals surface area contributed by atoms with Crippen LogP contribution in [0.5, 0.6) is 0 Å². The van der Waals surface area contributed by atoms with Crippen molar-refractivity contribution in [2.45, 2.75) is 45.6 Å². The van der Waals surface area contributed by atoms with Crippen LogP contribution in [0, 0.1) is 5.41 Å². The Bertz CT molecular complexity index is 338. The second-order valence-corrected chi connectivity index (χ2v) is 6.58. The fraction of sp³-hybridized carbons (Fsp3) is 0.938. The molecule has 1 heterocycles. The van der Waals surface area contributed by atoms with Crippen molar-refractivity contribution in [3.63, 3.8) is 0 Å². The summed E-state index contributed by atoms with van der Waals surface area (Å²) < 4.78 is 10.9. The first kappa shape index (κ1) is 16.6. The molecule has 1 saturated carbocycles. The molecule has 2 aliphatic rings. The van der Waals surface area contributed by atoms with E-state index in [1.54, 1.807) is 7.11 Å². The van der Waals surface area contributed by atoms with Crippen molar-refractivity contribution < 1.29 is 9.47 Å². The molecule has 1 atom stereocenters. The number of ether oxygens (including phenoxy) is 2. The van der Waals surface area contributed by atoms with E-state index in [4.69, 9.17) is 14.5 Å². The number of hydrogen-bond acceptors (Lipinski definition) is 3. The van der Waals surface area contributed by atoms with Crippen molar-refractivity contribution in [2.75, 3.05) is 46.5 Å². The van der Waals surface area contributed by atoms with E-state index in [-0.39, 0.29) is 6.10 Å². The standard InChI is InChI=1S/C16H31N3O2/c1-4-17-15(18-13-16(2)7-5-6-8-16)19-9-10-21-14(11-19)12-20-3/h14H,4-13H2,1-3H3,(H,17,18). The SMILES string of the molecule is CCNC(=NCC1(C)CCCC1)N1CCOC(COC)C1. The van der Waals surface area contributed by atoms with E-state index in [2.05, 4.69) is 24.1 Å². The molecule has 0 radical (unpaired) electrons. The first-order valence-electron chi connectivity index (χ1n) is 8.31. The van der Waals surface area contributed by atoms with Gasteiger partial charge >= 0.3 is 0 Å². The fourth-order valence-electron chi connectivity index (χ4n) is 3.28. The van der Waals surface area contributed by atoms with Crippen molar-refractivity contribution in [1.82, 2.24) is 10.2 Å². The summed E-state index contributed by atoms with van der Waals surface area (Å²) in [6, 6.07) is 0. The van der Waals surface area contributed by atoms with Gasteiger partial charge in [-0.25, -0.2) is 0 Å². The van der Waals surface area contributed by atoms with Crippen LogP contribution in [-0.4, -0.2) is 63.5 Å². The molecule has 5 nitrogen and oxygen atoms in total. The predicted molar refractivity (Wildman–Crippen MR) is 85.7 cm³/mol. The van der Waals surface area contributed by atoms with E-state index in [9.17, 15) is 0 Å². The Morgan fingerprint density at radius 3 is 2.86 bits per heavy atom. The zero-order chi connectivity index (χ0) is 15.1. The van der Waals surface area contributed by atoms with Gasteiger partial charge in [0.1, 0.15) is 0 Å². The number of rotatable bonds is 5. The number of hydrogen-bond donors (Lipinski definition) is 1. The third-order valence-corrected chi connectivity index (χ3v) is 4.55. The Hall–Kier alpha value is -0.810. The topological polar surface area (TPSA) is 46.1 Å². The zero-order valence-electron chi connectivity index (χ0n) is 13.9. The molecular weight excluding hydrogens is 266 g/mol. The van der Waals surface area contributed by atoms with Crippen molar-refractivity contribution in [2.24, 2.45) is 10.4 Å². The molecule has 21 heavy (non-hydrogen) atoms. The van der Waals surface area contributed by atoms with E-state index in [0.717, 1.165) is 38.7 Å². The number of nitrogens with zero attached hydrogens (tertiary/aromatic N) is 2. The highest BCUT2D eigenvalue weighted by Gasteiger charge is 2.29. The number of aliphatic imine (C=N–C) groups is 1. The molecule has 0 aromatic rings. The molecule has 2 rings (SSSR count). The Kier molecular flexibility index (Phi) is 6.30. The number of morpholine rings is 1. The van der Waals surface area contributed by atoms with Crippen LogP contribution in [0.3, 0.4) is 0 Å². The van der Waals surface area contributed by atoms with Gasteiger partial charge in [0.15, 0.2) is 5.96 Å². The first-order valence-corrected chi connectivity index (χ1v) is 8.31. The van der Waals surface area contributed by atoms with Crippen molar-refractivity contribution in [3.8, 4) is 0 Å². The quantitative estimate of drug-likeness (QED) is 0.622. The summed E-state index contributed by atoms with van der Waals surface area (Å²) in [6.45, 7) is 9.49. The first-order chi connectivity index (χ1) is 10.2. The van der Waals surface area contributed by atoms with Crippen LogP contribution in [0.1, 0.15) is 39.5 Å². The smallest absolute Gasteiger partial charge is 0.194 e. The second kappa shape index (κ2) is 7.99. The van der Waals surface area contributed by atoms with Crippen LogP contribution < -0.4 is 5.32 Å². The highest BCUT2D eigenvalue weighted by Crippen LogP contribution is 2.37. The molecule has 5 heteroatoms. The molecule has 122 valence electrons. The lowest BCUT2D eigenvalue weighted by Crippen LogP contribution is -2.51. The fourth-order valence-corrected chi connectivity index (χ4v) is 3.28. The minimum Gasteiger partial charge on any atom is -0.382 e. The van der Waals surface area contributed by atoms with E-state index in [0.29, 0.717) is 12.0 Å². The molecule has 0 amide bonds. The van der Waals surface area contributed by atoms with Gasteiger partial charge in [-0.05, 0) is 25.2 Å².